The van der Waals surface area contributed by atoms with Crippen LogP contribution in [0.5, 0.6) is 11.5 Å². The lowest BCUT2D eigenvalue weighted by Crippen LogP contribution is -2.00. The topological polar surface area (TPSA) is 74.0 Å². The summed E-state index contributed by atoms with van der Waals surface area (Å²) in [4.78, 5) is 14.9. The first kappa shape index (κ1) is 21.0. The maximum Gasteiger partial charge on any atom is 0.269 e. The fraction of sp³-hybridized carbons (Fsp3) is 0.208. The second-order valence-electron chi connectivity index (χ2n) is 6.88. The zero-order valence-corrected chi connectivity index (χ0v) is 17.3. The lowest BCUT2D eigenvalue weighted by Gasteiger charge is -2.12. The lowest BCUT2D eigenvalue weighted by molar-refractivity contribution is -0.384. The summed E-state index contributed by atoms with van der Waals surface area (Å²) in [5.74, 6) is 1.24. The molecular weight excluding hydrogens is 380 g/mol. The molecule has 0 unspecified atom stereocenters. The van der Waals surface area contributed by atoms with Crippen molar-refractivity contribution < 1.29 is 14.4 Å². The average Bonchev–Trinajstić information content (AvgIpc) is 2.74. The minimum absolute atomic E-state index is 0.0566. The van der Waals surface area contributed by atoms with E-state index in [1.54, 1.807) is 18.3 Å². The Kier molecular flexibility index (Phi) is 6.80. The molecule has 3 rings (SSSR count). The smallest absolute Gasteiger partial charge is 0.269 e. The predicted molar refractivity (Wildman–Crippen MR) is 118 cm³/mol. The molecule has 6 nitrogen and oxygen atoms in total. The van der Waals surface area contributed by atoms with E-state index in [4.69, 9.17) is 9.47 Å². The third-order valence-corrected chi connectivity index (χ3v) is 4.66. The van der Waals surface area contributed by atoms with Gasteiger partial charge in [-0.1, -0.05) is 6.07 Å². The molecule has 6 heteroatoms. The number of rotatable bonds is 8. The van der Waals surface area contributed by atoms with E-state index in [1.807, 2.05) is 31.2 Å². The zero-order chi connectivity index (χ0) is 21.5. The van der Waals surface area contributed by atoms with Gasteiger partial charge >= 0.3 is 0 Å². The van der Waals surface area contributed by atoms with E-state index < -0.39 is 4.92 Å². The third kappa shape index (κ3) is 5.44. The fourth-order valence-electron chi connectivity index (χ4n) is 2.82. The molecule has 0 spiro atoms. The first-order valence-corrected chi connectivity index (χ1v) is 9.70. The molecule has 0 aromatic heterocycles. The van der Waals surface area contributed by atoms with Gasteiger partial charge in [0.05, 0.1) is 17.2 Å². The number of nitro groups is 1. The number of aryl methyl sites for hydroxylation is 2. The van der Waals surface area contributed by atoms with Crippen molar-refractivity contribution in [2.24, 2.45) is 4.99 Å². The molecule has 0 saturated carbocycles. The van der Waals surface area contributed by atoms with Gasteiger partial charge in [-0.25, -0.2) is 0 Å². The maximum atomic E-state index is 10.8. The van der Waals surface area contributed by atoms with Gasteiger partial charge in [0.1, 0.15) is 6.61 Å². The molecule has 3 aromatic rings. The molecular formula is C24H24N2O4. The van der Waals surface area contributed by atoms with Crippen LogP contribution in [0.25, 0.3) is 0 Å². The second-order valence-corrected chi connectivity index (χ2v) is 6.88. The molecule has 3 aromatic carbocycles. The number of nitrogens with zero attached hydrogens (tertiary/aromatic N) is 2. The first-order valence-electron chi connectivity index (χ1n) is 9.70. The summed E-state index contributed by atoms with van der Waals surface area (Å²) in [6, 6.07) is 18.1. The molecule has 0 amide bonds. The molecule has 0 atom stereocenters. The van der Waals surface area contributed by atoms with E-state index in [1.165, 1.54) is 23.3 Å². The van der Waals surface area contributed by atoms with Crippen LogP contribution in [0.15, 0.2) is 65.7 Å². The summed E-state index contributed by atoms with van der Waals surface area (Å²) >= 11 is 0. The maximum absolute atomic E-state index is 10.8. The van der Waals surface area contributed by atoms with Crippen molar-refractivity contribution in [3.05, 3.63) is 93.0 Å². The van der Waals surface area contributed by atoms with E-state index >= 15 is 0 Å². The highest BCUT2D eigenvalue weighted by atomic mass is 16.6. The van der Waals surface area contributed by atoms with Crippen LogP contribution < -0.4 is 9.47 Å². The summed E-state index contributed by atoms with van der Waals surface area (Å²) in [5, 5.41) is 10.8. The van der Waals surface area contributed by atoms with Gasteiger partial charge in [-0.2, -0.15) is 0 Å². The van der Waals surface area contributed by atoms with Crippen LogP contribution in [-0.4, -0.2) is 17.7 Å². The van der Waals surface area contributed by atoms with Crippen LogP contribution >= 0.6 is 0 Å². The third-order valence-electron chi connectivity index (χ3n) is 4.66. The Morgan fingerprint density at radius 3 is 2.37 bits per heavy atom. The highest BCUT2D eigenvalue weighted by Gasteiger charge is 2.08. The van der Waals surface area contributed by atoms with Crippen molar-refractivity contribution in [2.45, 2.75) is 27.4 Å². The summed E-state index contributed by atoms with van der Waals surface area (Å²) in [6.45, 7) is 6.85. The van der Waals surface area contributed by atoms with E-state index in [0.29, 0.717) is 18.1 Å². The van der Waals surface area contributed by atoms with Gasteiger partial charge in [-0.15, -0.1) is 0 Å². The van der Waals surface area contributed by atoms with Crippen LogP contribution in [0.3, 0.4) is 0 Å². The quantitative estimate of drug-likeness (QED) is 0.264. The minimum Gasteiger partial charge on any atom is -0.490 e. The molecule has 154 valence electrons. The minimum atomic E-state index is -0.421. The molecule has 0 aliphatic heterocycles. The van der Waals surface area contributed by atoms with Gasteiger partial charge in [-0.05, 0) is 85.5 Å². The van der Waals surface area contributed by atoms with E-state index in [2.05, 4.69) is 31.0 Å². The summed E-state index contributed by atoms with van der Waals surface area (Å²) in [6.07, 6.45) is 1.80. The van der Waals surface area contributed by atoms with Gasteiger partial charge < -0.3 is 9.47 Å². The van der Waals surface area contributed by atoms with E-state index in [-0.39, 0.29) is 12.3 Å². The zero-order valence-electron chi connectivity index (χ0n) is 17.3. The number of aliphatic imine (C=N–C) groups is 1. The van der Waals surface area contributed by atoms with Crippen LogP contribution in [0.2, 0.25) is 0 Å². The van der Waals surface area contributed by atoms with Crippen molar-refractivity contribution in [1.29, 1.82) is 0 Å². The Morgan fingerprint density at radius 1 is 0.933 bits per heavy atom. The summed E-state index contributed by atoms with van der Waals surface area (Å²) < 4.78 is 11.6. The number of ether oxygens (including phenoxy) is 2. The summed E-state index contributed by atoms with van der Waals surface area (Å²) in [5.41, 5.74) is 5.13. The van der Waals surface area contributed by atoms with Crippen molar-refractivity contribution in [1.82, 2.24) is 0 Å². The SMILES string of the molecule is CCOc1cc(C=Nc2ccc(C)c(C)c2)ccc1OCc1ccc([N+](=O)[O-])cc1. The molecule has 0 heterocycles. The highest BCUT2D eigenvalue weighted by molar-refractivity contribution is 5.83. The van der Waals surface area contributed by atoms with Crippen molar-refractivity contribution in [2.75, 3.05) is 6.61 Å². The Balaban J connectivity index is 1.73. The monoisotopic (exact) mass is 404 g/mol. The Bertz CT molecular complexity index is 1060. The molecule has 30 heavy (non-hydrogen) atoms. The molecule has 0 radical (unpaired) electrons. The number of benzene rings is 3. The Morgan fingerprint density at radius 2 is 1.70 bits per heavy atom. The molecule has 0 saturated heterocycles. The van der Waals surface area contributed by atoms with Gasteiger partial charge in [-0.3, -0.25) is 15.1 Å². The van der Waals surface area contributed by atoms with Crippen LogP contribution in [-0.2, 0) is 6.61 Å². The normalized spacial score (nSPS) is 10.9. The number of nitro benzene ring substituents is 1. The molecule has 0 aliphatic carbocycles. The number of hydrogen-bond acceptors (Lipinski definition) is 5. The predicted octanol–water partition coefficient (Wildman–Crippen LogP) is 5.94. The Labute approximate surface area is 176 Å². The second kappa shape index (κ2) is 9.69. The number of non-ortho nitro benzene ring substituents is 1. The van der Waals surface area contributed by atoms with E-state index in [9.17, 15) is 10.1 Å². The first-order chi connectivity index (χ1) is 14.5. The molecule has 0 fully saturated rings. The van der Waals surface area contributed by atoms with E-state index in [0.717, 1.165) is 16.8 Å². The van der Waals surface area contributed by atoms with Crippen LogP contribution in [0, 0.1) is 24.0 Å². The van der Waals surface area contributed by atoms with Crippen LogP contribution in [0.4, 0.5) is 11.4 Å². The standard InChI is InChI=1S/C24H24N2O4/c1-4-29-24-14-20(15-25-21-9-5-17(2)18(3)13-21)8-12-23(24)30-16-19-6-10-22(11-7-19)26(27)28/h5-15H,4,16H2,1-3H3. The van der Waals surface area contributed by atoms with Crippen molar-refractivity contribution >= 4 is 17.6 Å². The average molecular weight is 404 g/mol. The number of hydrogen-bond donors (Lipinski definition) is 0. The fourth-order valence-corrected chi connectivity index (χ4v) is 2.82. The molecule has 0 N–H and O–H groups in total. The molecule has 0 bridgehead atoms. The Hall–Kier alpha value is -3.67. The van der Waals surface area contributed by atoms with Crippen molar-refractivity contribution in [3.63, 3.8) is 0 Å². The molecule has 0 aliphatic rings. The largest absolute Gasteiger partial charge is 0.490 e. The van der Waals surface area contributed by atoms with Gasteiger partial charge in [0, 0.05) is 18.3 Å². The lowest BCUT2D eigenvalue weighted by atomic mass is 10.1. The van der Waals surface area contributed by atoms with Gasteiger partial charge in [0.15, 0.2) is 11.5 Å². The van der Waals surface area contributed by atoms with Crippen molar-refractivity contribution in [3.8, 4) is 11.5 Å². The van der Waals surface area contributed by atoms with Gasteiger partial charge in [0.2, 0.25) is 0 Å². The van der Waals surface area contributed by atoms with Crippen LogP contribution in [0.1, 0.15) is 29.2 Å². The van der Waals surface area contributed by atoms with Gasteiger partial charge in [0.25, 0.3) is 5.69 Å². The highest BCUT2D eigenvalue weighted by Crippen LogP contribution is 2.29. The summed E-state index contributed by atoms with van der Waals surface area (Å²) in [7, 11) is 0.